The van der Waals surface area contributed by atoms with Gasteiger partial charge in [-0.1, -0.05) is 30.3 Å². The van der Waals surface area contributed by atoms with E-state index in [1.54, 1.807) is 30.3 Å². The summed E-state index contributed by atoms with van der Waals surface area (Å²) in [6, 6.07) is 12.8. The Hall–Kier alpha value is -4.34. The van der Waals surface area contributed by atoms with Crippen LogP contribution in [0, 0.1) is 17.5 Å². The summed E-state index contributed by atoms with van der Waals surface area (Å²) >= 11 is 0. The second-order valence-corrected chi connectivity index (χ2v) is 8.31. The quantitative estimate of drug-likeness (QED) is 0.487. The molecule has 0 aromatic heterocycles. The number of fused-ring (bicyclic) bond motifs is 1. The van der Waals surface area contributed by atoms with Crippen LogP contribution in [0.3, 0.4) is 0 Å². The van der Waals surface area contributed by atoms with E-state index in [2.05, 4.69) is 16.0 Å². The van der Waals surface area contributed by atoms with E-state index in [1.165, 1.54) is 19.1 Å². The topological polar surface area (TPSA) is 96.5 Å². The van der Waals surface area contributed by atoms with Crippen LogP contribution in [-0.2, 0) is 20.8 Å². The SMILES string of the molecule is C[C@H](NC(=O)Cc1cc(F)cc(F)c1)C(=O)N[C@@H]1C(=O)Nc2cc(F)ccc2O[C@@H]1c1ccccc1. The number of rotatable bonds is 6. The molecule has 3 atom stereocenters. The predicted octanol–water partition coefficient (Wildman–Crippen LogP) is 3.41. The van der Waals surface area contributed by atoms with Crippen LogP contribution in [0.5, 0.6) is 5.75 Å². The number of hydrogen-bond acceptors (Lipinski definition) is 4. The molecule has 0 spiro atoms. The van der Waals surface area contributed by atoms with Gasteiger partial charge in [-0.2, -0.15) is 0 Å². The van der Waals surface area contributed by atoms with E-state index in [0.717, 1.165) is 18.2 Å². The maximum absolute atomic E-state index is 13.8. The van der Waals surface area contributed by atoms with Crippen LogP contribution < -0.4 is 20.7 Å². The van der Waals surface area contributed by atoms with Gasteiger partial charge in [-0.05, 0) is 42.3 Å². The maximum Gasteiger partial charge on any atom is 0.251 e. The van der Waals surface area contributed by atoms with Crippen molar-refractivity contribution in [2.24, 2.45) is 0 Å². The van der Waals surface area contributed by atoms with Gasteiger partial charge >= 0.3 is 0 Å². The monoisotopic (exact) mass is 497 g/mol. The number of anilines is 1. The van der Waals surface area contributed by atoms with Gasteiger partial charge in [0, 0.05) is 12.1 Å². The summed E-state index contributed by atoms with van der Waals surface area (Å²) in [5, 5.41) is 7.60. The van der Waals surface area contributed by atoms with Crippen molar-refractivity contribution in [2.45, 2.75) is 31.5 Å². The van der Waals surface area contributed by atoms with Crippen LogP contribution in [0.4, 0.5) is 18.9 Å². The van der Waals surface area contributed by atoms with Crippen molar-refractivity contribution in [3.8, 4) is 5.75 Å². The van der Waals surface area contributed by atoms with Crippen LogP contribution >= 0.6 is 0 Å². The lowest BCUT2D eigenvalue weighted by atomic mass is 10.0. The lowest BCUT2D eigenvalue weighted by Gasteiger charge is -2.26. The molecule has 7 nitrogen and oxygen atoms in total. The van der Waals surface area contributed by atoms with Gasteiger partial charge in [-0.15, -0.1) is 0 Å². The van der Waals surface area contributed by atoms with E-state index in [4.69, 9.17) is 4.74 Å². The van der Waals surface area contributed by atoms with Crippen molar-refractivity contribution in [1.29, 1.82) is 0 Å². The molecule has 3 aromatic carbocycles. The highest BCUT2D eigenvalue weighted by Gasteiger charge is 2.37. The third-order valence-electron chi connectivity index (χ3n) is 5.52. The van der Waals surface area contributed by atoms with Gasteiger partial charge in [-0.25, -0.2) is 13.2 Å². The second-order valence-electron chi connectivity index (χ2n) is 8.31. The fourth-order valence-electron chi connectivity index (χ4n) is 3.83. The zero-order valence-electron chi connectivity index (χ0n) is 19.1. The molecule has 0 radical (unpaired) electrons. The number of benzene rings is 3. The highest BCUT2D eigenvalue weighted by molar-refractivity contribution is 6.00. The molecule has 1 aliphatic heterocycles. The molecule has 0 saturated carbocycles. The Morgan fingerprint density at radius 2 is 1.67 bits per heavy atom. The number of carbonyl (C=O) groups excluding carboxylic acids is 3. The van der Waals surface area contributed by atoms with Gasteiger partial charge in [0.05, 0.1) is 12.1 Å². The summed E-state index contributed by atoms with van der Waals surface area (Å²) in [5.41, 5.74) is 0.796. The third kappa shape index (κ3) is 5.83. The molecule has 186 valence electrons. The molecule has 36 heavy (non-hydrogen) atoms. The van der Waals surface area contributed by atoms with Gasteiger partial charge in [0.25, 0.3) is 5.91 Å². The molecule has 0 aliphatic carbocycles. The van der Waals surface area contributed by atoms with E-state index >= 15 is 0 Å². The van der Waals surface area contributed by atoms with Crippen LogP contribution in [-0.4, -0.2) is 29.8 Å². The Balaban J connectivity index is 1.50. The first-order chi connectivity index (χ1) is 17.2. The Morgan fingerprint density at radius 3 is 2.36 bits per heavy atom. The molecule has 3 amide bonds. The summed E-state index contributed by atoms with van der Waals surface area (Å²) in [6.07, 6.45) is -1.31. The minimum Gasteiger partial charge on any atom is -0.481 e. The molecule has 1 heterocycles. The molecule has 1 aliphatic rings. The van der Waals surface area contributed by atoms with Crippen LogP contribution in [0.1, 0.15) is 24.2 Å². The van der Waals surface area contributed by atoms with Crippen LogP contribution in [0.25, 0.3) is 0 Å². The van der Waals surface area contributed by atoms with Crippen molar-refractivity contribution in [2.75, 3.05) is 5.32 Å². The number of hydrogen-bond donors (Lipinski definition) is 3. The Morgan fingerprint density at radius 1 is 0.972 bits per heavy atom. The number of carbonyl (C=O) groups is 3. The van der Waals surface area contributed by atoms with Gasteiger partial charge in [-0.3, -0.25) is 14.4 Å². The van der Waals surface area contributed by atoms with Gasteiger partial charge in [0.15, 0.2) is 6.10 Å². The maximum atomic E-state index is 13.8. The molecule has 4 rings (SSSR count). The first-order valence-corrected chi connectivity index (χ1v) is 11.1. The molecule has 3 N–H and O–H groups in total. The Kier molecular flexibility index (Phi) is 7.23. The van der Waals surface area contributed by atoms with E-state index in [-0.39, 0.29) is 23.4 Å². The molecule has 3 aromatic rings. The average molecular weight is 497 g/mol. The van der Waals surface area contributed by atoms with Crippen LogP contribution in [0.15, 0.2) is 66.7 Å². The molecule has 0 fully saturated rings. The fraction of sp³-hybridized carbons (Fsp3) is 0.192. The van der Waals surface area contributed by atoms with E-state index in [9.17, 15) is 27.6 Å². The largest absolute Gasteiger partial charge is 0.481 e. The summed E-state index contributed by atoms with van der Waals surface area (Å²) in [4.78, 5) is 38.4. The first kappa shape index (κ1) is 24.8. The van der Waals surface area contributed by atoms with E-state index < -0.39 is 53.4 Å². The minimum absolute atomic E-state index is 0.100. The predicted molar refractivity (Wildman–Crippen MR) is 124 cm³/mol. The van der Waals surface area contributed by atoms with Crippen molar-refractivity contribution < 1.29 is 32.3 Å². The molecule has 0 saturated heterocycles. The van der Waals surface area contributed by atoms with Gasteiger partial charge in [0.2, 0.25) is 11.8 Å². The number of amides is 3. The first-order valence-electron chi connectivity index (χ1n) is 11.1. The number of halogens is 3. The van der Waals surface area contributed by atoms with Crippen LogP contribution in [0.2, 0.25) is 0 Å². The lowest BCUT2D eigenvalue weighted by Crippen LogP contribution is -2.54. The summed E-state index contributed by atoms with van der Waals surface area (Å²) in [6.45, 7) is 1.40. The van der Waals surface area contributed by atoms with E-state index in [1.807, 2.05) is 0 Å². The highest BCUT2D eigenvalue weighted by Crippen LogP contribution is 2.35. The fourth-order valence-corrected chi connectivity index (χ4v) is 3.83. The Bertz CT molecular complexity index is 1280. The summed E-state index contributed by atoms with van der Waals surface area (Å²) in [7, 11) is 0. The van der Waals surface area contributed by atoms with Gasteiger partial charge in [0.1, 0.15) is 35.3 Å². The van der Waals surface area contributed by atoms with Crippen molar-refractivity contribution >= 4 is 23.4 Å². The highest BCUT2D eigenvalue weighted by atomic mass is 19.1. The van der Waals surface area contributed by atoms with Crippen molar-refractivity contribution in [3.05, 3.63) is 95.3 Å². The normalized spacial score (nSPS) is 17.6. The zero-order chi connectivity index (χ0) is 25.8. The number of ether oxygens (including phenoxy) is 1. The van der Waals surface area contributed by atoms with Crippen molar-refractivity contribution in [1.82, 2.24) is 10.6 Å². The third-order valence-corrected chi connectivity index (χ3v) is 5.52. The molecular formula is C26H22F3N3O4. The molecule has 0 unspecified atom stereocenters. The van der Waals surface area contributed by atoms with Crippen molar-refractivity contribution in [3.63, 3.8) is 0 Å². The molecular weight excluding hydrogens is 475 g/mol. The average Bonchev–Trinajstić information content (AvgIpc) is 2.94. The minimum atomic E-state index is -1.23. The summed E-state index contributed by atoms with van der Waals surface area (Å²) < 4.78 is 46.6. The molecule has 10 heteroatoms. The summed E-state index contributed by atoms with van der Waals surface area (Å²) in [5.74, 6) is -3.99. The smallest absolute Gasteiger partial charge is 0.251 e. The number of nitrogens with one attached hydrogen (secondary N) is 3. The zero-order valence-corrected chi connectivity index (χ0v) is 19.1. The van der Waals surface area contributed by atoms with E-state index in [0.29, 0.717) is 11.6 Å². The standard InChI is InChI=1S/C26H22F3N3O4/c1-14(30-22(33)11-15-9-18(28)12-19(29)10-15)25(34)32-23-24(16-5-3-2-4-6-16)36-21-8-7-17(27)13-20(21)31-26(23)35/h2-10,12-14,23-24H,11H2,1H3,(H,30,33)(H,31,35)(H,32,34)/t14-,23-,24+/m0/s1. The lowest BCUT2D eigenvalue weighted by molar-refractivity contribution is -0.131. The molecule has 0 bridgehead atoms. The van der Waals surface area contributed by atoms with Gasteiger partial charge < -0.3 is 20.7 Å². The second kappa shape index (κ2) is 10.5. The Labute approximate surface area is 204 Å².